The fraction of sp³-hybridized carbons (Fsp3) is 0.381. The maximum atomic E-state index is 5.48. The number of methoxy groups -OCH3 is 1. The smallest absolute Gasteiger partial charge is 0.166 e. The van der Waals surface area contributed by atoms with Crippen LogP contribution in [-0.4, -0.2) is 31.9 Å². The van der Waals surface area contributed by atoms with Crippen molar-refractivity contribution in [2.75, 3.05) is 26.7 Å². The molecule has 1 aliphatic rings. The van der Waals surface area contributed by atoms with Crippen LogP contribution in [0.1, 0.15) is 30.0 Å². The average Bonchev–Trinajstić information content (AvgIpc) is 3.22. The first kappa shape index (κ1) is 18.7. The van der Waals surface area contributed by atoms with Crippen molar-refractivity contribution in [1.82, 2.24) is 10.6 Å². The summed E-state index contributed by atoms with van der Waals surface area (Å²) in [4.78, 5) is 1.63. The van der Waals surface area contributed by atoms with E-state index in [4.69, 9.17) is 17.0 Å². The molecular formula is C21H28N3OS+. The summed E-state index contributed by atoms with van der Waals surface area (Å²) >= 11 is 5.48. The van der Waals surface area contributed by atoms with E-state index in [-0.39, 0.29) is 0 Å². The molecule has 3 rings (SSSR count). The van der Waals surface area contributed by atoms with Gasteiger partial charge in [0.2, 0.25) is 0 Å². The SMILES string of the molecule is COc1ccc([C@@H](CNC(=S)NCc2ccccc2)[NH+]2CCCC2)cc1. The van der Waals surface area contributed by atoms with Crippen LogP contribution in [0.3, 0.4) is 0 Å². The highest BCUT2D eigenvalue weighted by molar-refractivity contribution is 7.80. The van der Waals surface area contributed by atoms with E-state index in [1.807, 2.05) is 30.3 Å². The minimum absolute atomic E-state index is 0.403. The van der Waals surface area contributed by atoms with Crippen molar-refractivity contribution in [2.45, 2.75) is 25.4 Å². The van der Waals surface area contributed by atoms with Crippen molar-refractivity contribution in [3.63, 3.8) is 0 Å². The standard InChI is InChI=1S/C21H27N3OS/c1-25-19-11-9-18(10-12-19)20(24-13-5-6-14-24)16-23-21(26)22-15-17-7-3-2-4-8-17/h2-4,7-12,20H,5-6,13-16H2,1H3,(H2,22,23,26)/p+1/t20-/m1/s1. The highest BCUT2D eigenvalue weighted by atomic mass is 32.1. The van der Waals surface area contributed by atoms with E-state index >= 15 is 0 Å². The average molecular weight is 371 g/mol. The highest BCUT2D eigenvalue weighted by Crippen LogP contribution is 2.16. The van der Waals surface area contributed by atoms with Crippen LogP contribution in [0.15, 0.2) is 54.6 Å². The zero-order chi connectivity index (χ0) is 18.2. The predicted octanol–water partition coefficient (Wildman–Crippen LogP) is 2.08. The van der Waals surface area contributed by atoms with Gasteiger partial charge in [0.05, 0.1) is 26.7 Å². The lowest BCUT2D eigenvalue weighted by Gasteiger charge is -2.26. The number of quaternary nitrogens is 1. The third kappa shape index (κ3) is 5.19. The Bertz CT molecular complexity index is 684. The van der Waals surface area contributed by atoms with Gasteiger partial charge in [-0.2, -0.15) is 0 Å². The Morgan fingerprint density at radius 3 is 2.38 bits per heavy atom. The molecular weight excluding hydrogens is 342 g/mol. The first-order valence-electron chi connectivity index (χ1n) is 9.30. The Morgan fingerprint density at radius 2 is 1.73 bits per heavy atom. The third-order valence-electron chi connectivity index (χ3n) is 5.02. The van der Waals surface area contributed by atoms with Gasteiger partial charge in [-0.1, -0.05) is 30.3 Å². The van der Waals surface area contributed by atoms with Gasteiger partial charge in [-0.25, -0.2) is 0 Å². The first-order chi connectivity index (χ1) is 12.8. The van der Waals surface area contributed by atoms with Crippen LogP contribution in [0, 0.1) is 0 Å². The van der Waals surface area contributed by atoms with Crippen LogP contribution in [0.25, 0.3) is 0 Å². The van der Waals surface area contributed by atoms with Gasteiger partial charge in [-0.15, -0.1) is 0 Å². The zero-order valence-electron chi connectivity index (χ0n) is 15.3. The largest absolute Gasteiger partial charge is 0.497 e. The van der Waals surface area contributed by atoms with Gasteiger partial charge in [0.15, 0.2) is 5.11 Å². The Hall–Kier alpha value is -2.11. The number of hydrogen-bond acceptors (Lipinski definition) is 2. The maximum Gasteiger partial charge on any atom is 0.166 e. The molecule has 0 saturated carbocycles. The van der Waals surface area contributed by atoms with E-state index in [1.165, 1.54) is 37.1 Å². The molecule has 1 saturated heterocycles. The number of nitrogens with one attached hydrogen (secondary N) is 3. The topological polar surface area (TPSA) is 37.7 Å². The molecule has 5 heteroatoms. The Labute approximate surface area is 161 Å². The van der Waals surface area contributed by atoms with E-state index < -0.39 is 0 Å². The second-order valence-electron chi connectivity index (χ2n) is 6.74. The molecule has 4 nitrogen and oxygen atoms in total. The maximum absolute atomic E-state index is 5.48. The number of hydrogen-bond donors (Lipinski definition) is 3. The van der Waals surface area contributed by atoms with E-state index in [1.54, 1.807) is 12.0 Å². The number of thiocarbonyl (C=S) groups is 1. The first-order valence-corrected chi connectivity index (χ1v) is 9.71. The molecule has 0 radical (unpaired) electrons. The molecule has 2 aromatic carbocycles. The second kappa shape index (κ2) is 9.55. The van der Waals surface area contributed by atoms with Gasteiger partial charge in [0.1, 0.15) is 11.8 Å². The minimum Gasteiger partial charge on any atom is -0.497 e. The van der Waals surface area contributed by atoms with Crippen LogP contribution in [-0.2, 0) is 6.54 Å². The zero-order valence-corrected chi connectivity index (χ0v) is 16.1. The van der Waals surface area contributed by atoms with Crippen LogP contribution in [0.5, 0.6) is 5.75 Å². The summed E-state index contributed by atoms with van der Waals surface area (Å²) in [6.45, 7) is 4.03. The summed E-state index contributed by atoms with van der Waals surface area (Å²) < 4.78 is 5.29. The molecule has 0 aliphatic carbocycles. The monoisotopic (exact) mass is 370 g/mol. The van der Waals surface area contributed by atoms with E-state index in [0.29, 0.717) is 11.2 Å². The molecule has 0 spiro atoms. The van der Waals surface area contributed by atoms with Crippen molar-refractivity contribution in [3.05, 3.63) is 65.7 Å². The van der Waals surface area contributed by atoms with Crippen LogP contribution >= 0.6 is 12.2 Å². The lowest BCUT2D eigenvalue weighted by molar-refractivity contribution is -0.918. The molecule has 0 bridgehead atoms. The fourth-order valence-corrected chi connectivity index (χ4v) is 3.70. The molecule has 1 fully saturated rings. The quantitative estimate of drug-likeness (QED) is 0.653. The molecule has 2 aromatic rings. The Morgan fingerprint density at radius 1 is 1.04 bits per heavy atom. The molecule has 1 heterocycles. The van der Waals surface area contributed by atoms with Crippen LogP contribution in [0.4, 0.5) is 0 Å². The van der Waals surface area contributed by atoms with Crippen molar-refractivity contribution in [2.24, 2.45) is 0 Å². The molecule has 138 valence electrons. The van der Waals surface area contributed by atoms with Gasteiger partial charge >= 0.3 is 0 Å². The number of rotatable bonds is 7. The predicted molar refractivity (Wildman–Crippen MR) is 110 cm³/mol. The molecule has 3 N–H and O–H groups in total. The summed E-state index contributed by atoms with van der Waals surface area (Å²) in [5.41, 5.74) is 2.56. The summed E-state index contributed by atoms with van der Waals surface area (Å²) in [6, 6.07) is 19.2. The minimum atomic E-state index is 0.403. The van der Waals surface area contributed by atoms with Gasteiger partial charge in [0, 0.05) is 24.9 Å². The second-order valence-corrected chi connectivity index (χ2v) is 7.15. The lowest BCUT2D eigenvalue weighted by Crippen LogP contribution is -3.11. The van der Waals surface area contributed by atoms with Gasteiger partial charge in [-0.05, 0) is 42.0 Å². The molecule has 0 aromatic heterocycles. The lowest BCUT2D eigenvalue weighted by atomic mass is 10.1. The molecule has 26 heavy (non-hydrogen) atoms. The molecule has 0 amide bonds. The van der Waals surface area contributed by atoms with Crippen LogP contribution < -0.4 is 20.3 Å². The molecule has 0 unspecified atom stereocenters. The summed E-state index contributed by atoms with van der Waals surface area (Å²) in [6.07, 6.45) is 2.61. The fourth-order valence-electron chi connectivity index (χ4n) is 3.55. The molecule has 1 aliphatic heterocycles. The van der Waals surface area contributed by atoms with E-state index in [9.17, 15) is 0 Å². The van der Waals surface area contributed by atoms with Gasteiger partial charge in [0.25, 0.3) is 0 Å². The summed E-state index contributed by atoms with van der Waals surface area (Å²) in [7, 11) is 1.70. The summed E-state index contributed by atoms with van der Waals surface area (Å²) in [5.74, 6) is 0.900. The Kier molecular flexibility index (Phi) is 6.86. The normalized spacial score (nSPS) is 15.4. The van der Waals surface area contributed by atoms with Crippen molar-refractivity contribution in [3.8, 4) is 5.75 Å². The van der Waals surface area contributed by atoms with E-state index in [0.717, 1.165) is 18.8 Å². The number of likely N-dealkylation sites (tertiary alicyclic amines) is 1. The van der Waals surface area contributed by atoms with Gasteiger partial charge < -0.3 is 20.3 Å². The summed E-state index contributed by atoms with van der Waals surface area (Å²) in [5, 5.41) is 7.44. The highest BCUT2D eigenvalue weighted by Gasteiger charge is 2.27. The van der Waals surface area contributed by atoms with Crippen molar-refractivity contribution >= 4 is 17.3 Å². The van der Waals surface area contributed by atoms with Crippen molar-refractivity contribution in [1.29, 1.82) is 0 Å². The van der Waals surface area contributed by atoms with E-state index in [2.05, 4.69) is 34.9 Å². The number of ether oxygens (including phenoxy) is 1. The number of benzene rings is 2. The third-order valence-corrected chi connectivity index (χ3v) is 5.31. The van der Waals surface area contributed by atoms with Crippen molar-refractivity contribution < 1.29 is 9.64 Å². The Balaban J connectivity index is 1.57. The molecule has 1 atom stereocenters. The van der Waals surface area contributed by atoms with Crippen LogP contribution in [0.2, 0.25) is 0 Å². The van der Waals surface area contributed by atoms with Gasteiger partial charge in [-0.3, -0.25) is 0 Å².